The predicted octanol–water partition coefficient (Wildman–Crippen LogP) is 3.54. The van der Waals surface area contributed by atoms with Gasteiger partial charge in [0.1, 0.15) is 0 Å². The second kappa shape index (κ2) is 5.10. The Hall–Kier alpha value is -0.000000000000000111. The highest BCUT2D eigenvalue weighted by molar-refractivity contribution is 14.1. The molecule has 5 heteroatoms. The van der Waals surface area contributed by atoms with Gasteiger partial charge in [-0.3, -0.25) is 4.79 Å². The monoisotopic (exact) mass is 369 g/mol. The minimum absolute atomic E-state index is 0.144. The summed E-state index contributed by atoms with van der Waals surface area (Å²) in [6.45, 7) is 0.708. The molecule has 16 heavy (non-hydrogen) atoms. The summed E-state index contributed by atoms with van der Waals surface area (Å²) in [4.78, 5) is 13.6. The van der Waals surface area contributed by atoms with Crippen LogP contribution >= 0.6 is 45.8 Å². The maximum Gasteiger partial charge on any atom is 0.227 e. The summed E-state index contributed by atoms with van der Waals surface area (Å²) in [5, 5.41) is 0.689. The summed E-state index contributed by atoms with van der Waals surface area (Å²) in [6, 6.07) is 5.55. The molecule has 0 spiro atoms. The highest BCUT2D eigenvalue weighted by atomic mass is 127. The van der Waals surface area contributed by atoms with E-state index in [1.165, 1.54) is 0 Å². The Morgan fingerprint density at radius 2 is 2.25 bits per heavy atom. The molecule has 1 aromatic rings. The molecule has 1 aliphatic heterocycles. The van der Waals surface area contributed by atoms with Gasteiger partial charge in [0.05, 0.1) is 5.69 Å². The second-order valence-electron chi connectivity index (χ2n) is 3.82. The summed E-state index contributed by atoms with van der Waals surface area (Å²) < 4.78 is 0.994. The molecular weight excluding hydrogens is 360 g/mol. The third-order valence-corrected chi connectivity index (χ3v) is 4.16. The van der Waals surface area contributed by atoms with E-state index < -0.39 is 0 Å². The molecule has 1 amide bonds. The van der Waals surface area contributed by atoms with Crippen molar-refractivity contribution in [1.82, 2.24) is 0 Å². The zero-order valence-electron chi connectivity index (χ0n) is 8.42. The van der Waals surface area contributed by atoms with Gasteiger partial charge in [-0.25, -0.2) is 0 Å². The SMILES string of the molecule is O=C1CC(CCl)CN1c1ccc(Cl)cc1I. The molecule has 1 heterocycles. The first-order chi connectivity index (χ1) is 7.61. The van der Waals surface area contributed by atoms with Crippen molar-refractivity contribution in [2.45, 2.75) is 6.42 Å². The third kappa shape index (κ3) is 2.46. The van der Waals surface area contributed by atoms with Crippen LogP contribution in [0.1, 0.15) is 6.42 Å². The Morgan fingerprint density at radius 3 is 2.81 bits per heavy atom. The lowest BCUT2D eigenvalue weighted by atomic mass is 10.1. The molecule has 2 rings (SSSR count). The van der Waals surface area contributed by atoms with Crippen LogP contribution in [-0.2, 0) is 4.79 Å². The number of hydrogen-bond acceptors (Lipinski definition) is 1. The van der Waals surface area contributed by atoms with E-state index in [1.54, 1.807) is 11.0 Å². The Labute approximate surface area is 118 Å². The van der Waals surface area contributed by atoms with Crippen molar-refractivity contribution in [3.8, 4) is 0 Å². The standard InChI is InChI=1S/C11H10Cl2INO/c12-5-7-3-11(16)15(6-7)10-2-1-8(13)4-9(10)14/h1-2,4,7H,3,5-6H2. The van der Waals surface area contributed by atoms with Gasteiger partial charge in [-0.05, 0) is 46.7 Å². The molecule has 1 aliphatic rings. The Bertz CT molecular complexity index is 424. The average Bonchev–Trinajstić information content (AvgIpc) is 2.60. The van der Waals surface area contributed by atoms with Crippen molar-refractivity contribution in [3.05, 3.63) is 26.8 Å². The average molecular weight is 370 g/mol. The molecule has 1 unspecified atom stereocenters. The van der Waals surface area contributed by atoms with Crippen LogP contribution in [0, 0.1) is 9.49 Å². The summed E-state index contributed by atoms with van der Waals surface area (Å²) in [5.74, 6) is 0.943. The quantitative estimate of drug-likeness (QED) is 0.576. The van der Waals surface area contributed by atoms with E-state index in [2.05, 4.69) is 22.6 Å². The molecule has 0 radical (unpaired) electrons. The smallest absolute Gasteiger partial charge is 0.227 e. The van der Waals surface area contributed by atoms with Crippen LogP contribution in [0.2, 0.25) is 5.02 Å². The van der Waals surface area contributed by atoms with Crippen LogP contribution in [0.15, 0.2) is 18.2 Å². The molecule has 0 bridgehead atoms. The second-order valence-corrected chi connectivity index (χ2v) is 5.73. The van der Waals surface area contributed by atoms with E-state index in [4.69, 9.17) is 23.2 Å². The van der Waals surface area contributed by atoms with Gasteiger partial charge in [0.25, 0.3) is 0 Å². The number of anilines is 1. The number of benzene rings is 1. The van der Waals surface area contributed by atoms with Crippen molar-refractivity contribution in [2.24, 2.45) is 5.92 Å². The van der Waals surface area contributed by atoms with E-state index in [0.717, 1.165) is 9.26 Å². The number of amides is 1. The highest BCUT2D eigenvalue weighted by Gasteiger charge is 2.30. The minimum Gasteiger partial charge on any atom is -0.311 e. The number of halogens is 3. The summed E-state index contributed by atoms with van der Waals surface area (Å²) >= 11 is 13.9. The fraction of sp³-hybridized carbons (Fsp3) is 0.364. The van der Waals surface area contributed by atoms with Gasteiger partial charge in [-0.1, -0.05) is 11.6 Å². The van der Waals surface area contributed by atoms with E-state index >= 15 is 0 Å². The topological polar surface area (TPSA) is 20.3 Å². The molecule has 0 aromatic heterocycles. The first kappa shape index (κ1) is 12.5. The number of hydrogen-bond donors (Lipinski definition) is 0. The van der Waals surface area contributed by atoms with Crippen LogP contribution in [0.25, 0.3) is 0 Å². The molecule has 0 N–H and O–H groups in total. The first-order valence-corrected chi connectivity index (χ1v) is 6.92. The minimum atomic E-state index is 0.144. The number of alkyl halides is 1. The third-order valence-electron chi connectivity index (χ3n) is 2.62. The lowest BCUT2D eigenvalue weighted by Crippen LogP contribution is -2.25. The lowest BCUT2D eigenvalue weighted by Gasteiger charge is -2.18. The maximum atomic E-state index is 11.8. The van der Waals surface area contributed by atoms with Crippen LogP contribution in [0.5, 0.6) is 0 Å². The molecular formula is C11H10Cl2INO. The van der Waals surface area contributed by atoms with Gasteiger partial charge < -0.3 is 4.90 Å². The van der Waals surface area contributed by atoms with E-state index in [0.29, 0.717) is 23.9 Å². The molecule has 1 atom stereocenters. The van der Waals surface area contributed by atoms with Crippen LogP contribution in [-0.4, -0.2) is 18.3 Å². The zero-order valence-corrected chi connectivity index (χ0v) is 12.1. The fourth-order valence-electron chi connectivity index (χ4n) is 1.82. The molecule has 0 saturated carbocycles. The van der Waals surface area contributed by atoms with Crippen molar-refractivity contribution in [3.63, 3.8) is 0 Å². The molecule has 1 saturated heterocycles. The molecule has 0 aliphatic carbocycles. The maximum absolute atomic E-state index is 11.8. The summed E-state index contributed by atoms with van der Waals surface area (Å²) in [6.07, 6.45) is 0.544. The van der Waals surface area contributed by atoms with Gasteiger partial charge in [-0.15, -0.1) is 11.6 Å². The van der Waals surface area contributed by atoms with Gasteiger partial charge in [-0.2, -0.15) is 0 Å². The van der Waals surface area contributed by atoms with Crippen molar-refractivity contribution in [2.75, 3.05) is 17.3 Å². The van der Waals surface area contributed by atoms with Gasteiger partial charge in [0, 0.05) is 27.4 Å². The number of carbonyl (C=O) groups excluding carboxylic acids is 1. The first-order valence-electron chi connectivity index (χ1n) is 4.93. The largest absolute Gasteiger partial charge is 0.311 e. The van der Waals surface area contributed by atoms with Crippen molar-refractivity contribution >= 4 is 57.4 Å². The molecule has 86 valence electrons. The summed E-state index contributed by atoms with van der Waals surface area (Å²) in [7, 11) is 0. The van der Waals surface area contributed by atoms with Crippen LogP contribution in [0.3, 0.4) is 0 Å². The van der Waals surface area contributed by atoms with Gasteiger partial charge in [0.2, 0.25) is 5.91 Å². The fourth-order valence-corrected chi connectivity index (χ4v) is 3.19. The molecule has 1 fully saturated rings. The Morgan fingerprint density at radius 1 is 1.50 bits per heavy atom. The number of rotatable bonds is 2. The predicted molar refractivity (Wildman–Crippen MR) is 75.3 cm³/mol. The van der Waals surface area contributed by atoms with Crippen molar-refractivity contribution in [1.29, 1.82) is 0 Å². The molecule has 2 nitrogen and oxygen atoms in total. The molecule has 1 aromatic carbocycles. The zero-order chi connectivity index (χ0) is 11.7. The number of carbonyl (C=O) groups is 1. The van der Waals surface area contributed by atoms with Crippen molar-refractivity contribution < 1.29 is 4.79 Å². The van der Waals surface area contributed by atoms with E-state index in [1.807, 2.05) is 12.1 Å². The Kier molecular flexibility index (Phi) is 3.97. The Balaban J connectivity index is 2.28. The summed E-state index contributed by atoms with van der Waals surface area (Å²) in [5.41, 5.74) is 0.933. The van der Waals surface area contributed by atoms with Gasteiger partial charge >= 0.3 is 0 Å². The van der Waals surface area contributed by atoms with E-state index in [-0.39, 0.29) is 11.8 Å². The normalized spacial score (nSPS) is 20.6. The lowest BCUT2D eigenvalue weighted by molar-refractivity contribution is -0.117. The number of nitrogens with zero attached hydrogens (tertiary/aromatic N) is 1. The highest BCUT2D eigenvalue weighted by Crippen LogP contribution is 2.31. The van der Waals surface area contributed by atoms with Crippen LogP contribution in [0.4, 0.5) is 5.69 Å². The van der Waals surface area contributed by atoms with Gasteiger partial charge in [0.15, 0.2) is 0 Å². The van der Waals surface area contributed by atoms with Crippen LogP contribution < -0.4 is 4.90 Å². The van der Waals surface area contributed by atoms with E-state index in [9.17, 15) is 4.79 Å².